The molecule has 0 unspecified atom stereocenters. The van der Waals surface area contributed by atoms with E-state index < -0.39 is 5.60 Å². The predicted molar refractivity (Wildman–Crippen MR) is 83.4 cm³/mol. The number of carbonyl (C=O) groups excluding carboxylic acids is 1. The van der Waals surface area contributed by atoms with Crippen LogP contribution in [-0.2, 0) is 4.74 Å². The van der Waals surface area contributed by atoms with E-state index in [2.05, 4.69) is 11.7 Å². The van der Waals surface area contributed by atoms with Crippen molar-refractivity contribution >= 4 is 12.8 Å². The zero-order valence-corrected chi connectivity index (χ0v) is 13.3. The molecule has 1 fully saturated rings. The third-order valence-corrected chi connectivity index (χ3v) is 2.89. The van der Waals surface area contributed by atoms with Crippen molar-refractivity contribution in [3.8, 4) is 0 Å². The van der Waals surface area contributed by atoms with Gasteiger partial charge in [-0.25, -0.2) is 9.79 Å². The minimum absolute atomic E-state index is 0.212. The molecule has 1 saturated heterocycles. The molecule has 0 radical (unpaired) electrons. The smallest absolute Gasteiger partial charge is 0.410 e. The van der Waals surface area contributed by atoms with Gasteiger partial charge in [-0.2, -0.15) is 0 Å². The number of rotatable bonds is 3. The SMILES string of the molecule is C=N/C(=C\C=C(/C)O)N1CCN(C(=O)OC(C)(C)C)CC1. The Balaban J connectivity index is 2.59. The summed E-state index contributed by atoms with van der Waals surface area (Å²) in [5.41, 5.74) is -0.481. The molecule has 1 aliphatic heterocycles. The summed E-state index contributed by atoms with van der Waals surface area (Å²) >= 11 is 0. The number of hydrogen-bond donors (Lipinski definition) is 1. The number of aliphatic hydroxyl groups excluding tert-OH is 1. The van der Waals surface area contributed by atoms with Crippen LogP contribution in [0.2, 0.25) is 0 Å². The molecule has 118 valence electrons. The maximum Gasteiger partial charge on any atom is 0.410 e. The van der Waals surface area contributed by atoms with E-state index in [1.807, 2.05) is 25.7 Å². The van der Waals surface area contributed by atoms with E-state index in [0.717, 1.165) is 0 Å². The standard InChI is InChI=1S/C15H25N3O3/c1-12(19)6-7-13(16-5)17-8-10-18(11-9-17)14(20)21-15(2,3)4/h6-7,19H,5,8-11H2,1-4H3/b12-6+,13-7+. The van der Waals surface area contributed by atoms with Gasteiger partial charge in [0.05, 0.1) is 5.76 Å². The molecule has 1 amide bonds. The van der Waals surface area contributed by atoms with Gasteiger partial charge in [-0.05, 0) is 46.6 Å². The number of piperazine rings is 1. The Morgan fingerprint density at radius 2 is 1.71 bits per heavy atom. The van der Waals surface area contributed by atoms with E-state index >= 15 is 0 Å². The molecule has 1 heterocycles. The Bertz CT molecular complexity index is 438. The van der Waals surface area contributed by atoms with Gasteiger partial charge in [-0.3, -0.25) is 0 Å². The fourth-order valence-corrected chi connectivity index (χ4v) is 1.90. The number of ether oxygens (including phenoxy) is 1. The highest BCUT2D eigenvalue weighted by Gasteiger charge is 2.26. The summed E-state index contributed by atoms with van der Waals surface area (Å²) in [4.78, 5) is 19.6. The molecule has 6 heteroatoms. The first-order valence-electron chi connectivity index (χ1n) is 7.00. The molecule has 1 N–H and O–H groups in total. The first-order valence-corrected chi connectivity index (χ1v) is 7.00. The number of nitrogens with zero attached hydrogens (tertiary/aromatic N) is 3. The molecule has 21 heavy (non-hydrogen) atoms. The second kappa shape index (κ2) is 7.15. The summed E-state index contributed by atoms with van der Waals surface area (Å²) in [6, 6.07) is 0. The van der Waals surface area contributed by atoms with E-state index in [-0.39, 0.29) is 11.9 Å². The summed E-state index contributed by atoms with van der Waals surface area (Å²) in [5.74, 6) is 0.899. The van der Waals surface area contributed by atoms with Gasteiger partial charge in [0.2, 0.25) is 0 Å². The van der Waals surface area contributed by atoms with Crippen molar-refractivity contribution in [2.45, 2.75) is 33.3 Å². The van der Waals surface area contributed by atoms with Gasteiger partial charge in [-0.1, -0.05) is 0 Å². The highest BCUT2D eigenvalue weighted by Crippen LogP contribution is 2.14. The van der Waals surface area contributed by atoms with E-state index in [4.69, 9.17) is 4.74 Å². The van der Waals surface area contributed by atoms with Crippen LogP contribution in [0.15, 0.2) is 28.7 Å². The molecule has 0 aliphatic carbocycles. The average molecular weight is 295 g/mol. The van der Waals surface area contributed by atoms with Gasteiger partial charge >= 0.3 is 6.09 Å². The van der Waals surface area contributed by atoms with Gasteiger partial charge in [0.1, 0.15) is 11.4 Å². The lowest BCUT2D eigenvalue weighted by atomic mass is 10.2. The molecule has 6 nitrogen and oxygen atoms in total. The van der Waals surface area contributed by atoms with Crippen LogP contribution in [0.25, 0.3) is 0 Å². The van der Waals surface area contributed by atoms with Crippen LogP contribution in [-0.4, -0.2) is 59.5 Å². The van der Waals surface area contributed by atoms with Crippen molar-refractivity contribution in [1.29, 1.82) is 0 Å². The minimum Gasteiger partial charge on any atom is -0.513 e. The fourth-order valence-electron chi connectivity index (χ4n) is 1.90. The molecular formula is C15H25N3O3. The lowest BCUT2D eigenvalue weighted by Gasteiger charge is -2.36. The predicted octanol–water partition coefficient (Wildman–Crippen LogP) is 2.54. The summed E-state index contributed by atoms with van der Waals surface area (Å²) in [7, 11) is 0. The van der Waals surface area contributed by atoms with Crippen molar-refractivity contribution in [3.05, 3.63) is 23.7 Å². The number of aliphatic hydroxyl groups is 1. The Kier molecular flexibility index (Phi) is 5.81. The fraction of sp³-hybridized carbons (Fsp3) is 0.600. The molecule has 1 aliphatic rings. The van der Waals surface area contributed by atoms with Gasteiger partial charge in [0.25, 0.3) is 0 Å². The van der Waals surface area contributed by atoms with Crippen LogP contribution in [0.1, 0.15) is 27.7 Å². The second-order valence-electron chi connectivity index (χ2n) is 5.95. The normalized spacial score (nSPS) is 17.7. The zero-order chi connectivity index (χ0) is 16.0. The van der Waals surface area contributed by atoms with Crippen molar-refractivity contribution in [3.63, 3.8) is 0 Å². The molecule has 0 bridgehead atoms. The van der Waals surface area contributed by atoms with Crippen molar-refractivity contribution in [1.82, 2.24) is 9.80 Å². The molecule has 0 aromatic carbocycles. The van der Waals surface area contributed by atoms with Crippen LogP contribution in [0.3, 0.4) is 0 Å². The average Bonchev–Trinajstić information content (AvgIpc) is 2.37. The minimum atomic E-state index is -0.481. The molecular weight excluding hydrogens is 270 g/mol. The third-order valence-electron chi connectivity index (χ3n) is 2.89. The van der Waals surface area contributed by atoms with Gasteiger partial charge in [0, 0.05) is 26.2 Å². The number of carbonyl (C=O) groups is 1. The van der Waals surface area contributed by atoms with Gasteiger partial charge < -0.3 is 19.6 Å². The first kappa shape index (κ1) is 17.1. The highest BCUT2D eigenvalue weighted by atomic mass is 16.6. The largest absolute Gasteiger partial charge is 0.513 e. The summed E-state index contributed by atoms with van der Waals surface area (Å²) in [6.07, 6.45) is 3.00. The number of hydrogen-bond acceptors (Lipinski definition) is 5. The lowest BCUT2D eigenvalue weighted by Crippen LogP contribution is -2.49. The van der Waals surface area contributed by atoms with E-state index in [0.29, 0.717) is 32.0 Å². The third kappa shape index (κ3) is 5.89. The molecule has 0 atom stereocenters. The van der Waals surface area contributed by atoms with Crippen LogP contribution >= 0.6 is 0 Å². The van der Waals surface area contributed by atoms with E-state index in [1.165, 1.54) is 0 Å². The zero-order valence-electron chi connectivity index (χ0n) is 13.3. The molecule has 0 aromatic heterocycles. The topological polar surface area (TPSA) is 65.4 Å². The Hall–Kier alpha value is -1.98. The van der Waals surface area contributed by atoms with Crippen molar-refractivity contribution in [2.75, 3.05) is 26.2 Å². The molecule has 0 saturated carbocycles. The van der Waals surface area contributed by atoms with E-state index in [9.17, 15) is 9.90 Å². The van der Waals surface area contributed by atoms with Crippen molar-refractivity contribution < 1.29 is 14.6 Å². The Morgan fingerprint density at radius 3 is 2.14 bits per heavy atom. The molecule has 1 rings (SSSR count). The Morgan fingerprint density at radius 1 is 1.19 bits per heavy atom. The number of amides is 1. The molecule has 0 aromatic rings. The van der Waals surface area contributed by atoms with Gasteiger partial charge in [0.15, 0.2) is 0 Å². The highest BCUT2D eigenvalue weighted by molar-refractivity contribution is 5.68. The quantitative estimate of drug-likeness (QED) is 0.493. The van der Waals surface area contributed by atoms with Crippen LogP contribution in [0.4, 0.5) is 4.79 Å². The number of allylic oxidation sites excluding steroid dienone is 3. The van der Waals surface area contributed by atoms with Crippen molar-refractivity contribution in [2.24, 2.45) is 4.99 Å². The maximum atomic E-state index is 12.0. The summed E-state index contributed by atoms with van der Waals surface area (Å²) in [5, 5.41) is 9.18. The summed E-state index contributed by atoms with van der Waals surface area (Å²) in [6.45, 7) is 13.2. The van der Waals surface area contributed by atoms with Crippen LogP contribution in [0.5, 0.6) is 0 Å². The lowest BCUT2D eigenvalue weighted by molar-refractivity contribution is 0.0168. The maximum absolute atomic E-state index is 12.0. The second-order valence-corrected chi connectivity index (χ2v) is 5.95. The van der Waals surface area contributed by atoms with Crippen LogP contribution < -0.4 is 0 Å². The Labute approximate surface area is 126 Å². The first-order chi connectivity index (χ1) is 9.73. The monoisotopic (exact) mass is 295 g/mol. The summed E-state index contributed by atoms with van der Waals surface area (Å²) < 4.78 is 5.35. The number of aliphatic imine (C=N–C) groups is 1. The molecule has 0 spiro atoms. The van der Waals surface area contributed by atoms with Gasteiger partial charge in [-0.15, -0.1) is 0 Å². The van der Waals surface area contributed by atoms with Crippen LogP contribution in [0, 0.1) is 0 Å². The van der Waals surface area contributed by atoms with E-state index in [1.54, 1.807) is 24.0 Å².